The minimum absolute atomic E-state index is 0.0776. The van der Waals surface area contributed by atoms with Crippen LogP contribution in [0.15, 0.2) is 24.3 Å². The molecule has 1 atom stereocenters. The predicted octanol–water partition coefficient (Wildman–Crippen LogP) is 0.766. The van der Waals surface area contributed by atoms with Crippen LogP contribution < -0.4 is 11.3 Å². The lowest BCUT2D eigenvalue weighted by Crippen LogP contribution is -2.47. The number of nitrogens with two attached hydrogens (primary N) is 1. The number of carbonyl (C=O) groups excluding carboxylic acids is 2. The van der Waals surface area contributed by atoms with Crippen molar-refractivity contribution < 1.29 is 9.59 Å². The third-order valence-corrected chi connectivity index (χ3v) is 3.89. The standard InChI is InChI=1S/C15H21N3O2/c1-11-5-2-3-6-12(11)9-14(19)18-8-4-7-13(10-18)15(20)17-16/h2-3,5-6,13H,4,7-10,16H2,1H3,(H,17,20). The van der Waals surface area contributed by atoms with E-state index in [9.17, 15) is 9.59 Å². The van der Waals surface area contributed by atoms with Crippen molar-refractivity contribution in [2.45, 2.75) is 26.2 Å². The first-order valence-electron chi connectivity index (χ1n) is 6.94. The summed E-state index contributed by atoms with van der Waals surface area (Å²) in [6, 6.07) is 7.88. The van der Waals surface area contributed by atoms with Gasteiger partial charge in [-0.25, -0.2) is 5.84 Å². The largest absolute Gasteiger partial charge is 0.342 e. The summed E-state index contributed by atoms with van der Waals surface area (Å²) in [6.07, 6.45) is 2.03. The van der Waals surface area contributed by atoms with Gasteiger partial charge in [-0.15, -0.1) is 0 Å². The number of aryl methyl sites for hydroxylation is 1. The summed E-state index contributed by atoms with van der Waals surface area (Å²) in [6.45, 7) is 3.19. The van der Waals surface area contributed by atoms with Crippen LogP contribution in [0, 0.1) is 12.8 Å². The van der Waals surface area contributed by atoms with Gasteiger partial charge in [0.1, 0.15) is 0 Å². The van der Waals surface area contributed by atoms with Gasteiger partial charge in [-0.2, -0.15) is 0 Å². The zero-order chi connectivity index (χ0) is 14.5. The van der Waals surface area contributed by atoms with Crippen LogP contribution in [0.1, 0.15) is 24.0 Å². The fraction of sp³-hybridized carbons (Fsp3) is 0.467. The Morgan fingerprint density at radius 2 is 2.15 bits per heavy atom. The highest BCUT2D eigenvalue weighted by Crippen LogP contribution is 2.18. The molecule has 1 unspecified atom stereocenters. The molecule has 1 aliphatic rings. The summed E-state index contributed by atoms with van der Waals surface area (Å²) < 4.78 is 0. The van der Waals surface area contributed by atoms with Crippen LogP contribution in [0.3, 0.4) is 0 Å². The van der Waals surface area contributed by atoms with E-state index in [2.05, 4.69) is 5.43 Å². The van der Waals surface area contributed by atoms with Gasteiger partial charge in [0.25, 0.3) is 0 Å². The normalized spacial score (nSPS) is 18.7. The first kappa shape index (κ1) is 14.5. The fourth-order valence-corrected chi connectivity index (χ4v) is 2.62. The van der Waals surface area contributed by atoms with E-state index in [1.54, 1.807) is 4.90 Å². The highest BCUT2D eigenvalue weighted by atomic mass is 16.2. The maximum absolute atomic E-state index is 12.3. The number of rotatable bonds is 3. The third kappa shape index (κ3) is 3.36. The molecule has 0 aliphatic carbocycles. The van der Waals surface area contributed by atoms with Crippen molar-refractivity contribution in [3.05, 3.63) is 35.4 Å². The number of hydrazine groups is 1. The summed E-state index contributed by atoms with van der Waals surface area (Å²) in [5.41, 5.74) is 4.34. The number of carbonyl (C=O) groups is 2. The van der Waals surface area contributed by atoms with Crippen LogP contribution in [0.4, 0.5) is 0 Å². The van der Waals surface area contributed by atoms with Gasteiger partial charge in [-0.3, -0.25) is 15.0 Å². The highest BCUT2D eigenvalue weighted by Gasteiger charge is 2.27. The van der Waals surface area contributed by atoms with Crippen molar-refractivity contribution in [2.75, 3.05) is 13.1 Å². The number of hydrogen-bond acceptors (Lipinski definition) is 3. The van der Waals surface area contributed by atoms with Gasteiger partial charge in [-0.05, 0) is 30.9 Å². The Hall–Kier alpha value is -1.88. The molecule has 0 spiro atoms. The molecule has 0 bridgehead atoms. The van der Waals surface area contributed by atoms with Crippen LogP contribution in [0.2, 0.25) is 0 Å². The van der Waals surface area contributed by atoms with Crippen LogP contribution in [-0.4, -0.2) is 29.8 Å². The van der Waals surface area contributed by atoms with E-state index in [-0.39, 0.29) is 17.7 Å². The van der Waals surface area contributed by atoms with Crippen LogP contribution in [-0.2, 0) is 16.0 Å². The molecule has 1 aromatic carbocycles. The van der Waals surface area contributed by atoms with E-state index >= 15 is 0 Å². The average molecular weight is 275 g/mol. The first-order chi connectivity index (χ1) is 9.61. The molecular weight excluding hydrogens is 254 g/mol. The Morgan fingerprint density at radius 1 is 1.40 bits per heavy atom. The molecule has 1 fully saturated rings. The SMILES string of the molecule is Cc1ccccc1CC(=O)N1CCCC(C(=O)NN)C1. The summed E-state index contributed by atoms with van der Waals surface area (Å²) in [5, 5.41) is 0. The molecule has 5 nitrogen and oxygen atoms in total. The minimum Gasteiger partial charge on any atom is -0.342 e. The van der Waals surface area contributed by atoms with Crippen molar-refractivity contribution in [3.63, 3.8) is 0 Å². The predicted molar refractivity (Wildman–Crippen MR) is 76.5 cm³/mol. The number of nitrogens with one attached hydrogen (secondary N) is 1. The number of nitrogens with zero attached hydrogens (tertiary/aromatic N) is 1. The Bertz CT molecular complexity index is 502. The molecule has 0 saturated carbocycles. The molecule has 1 heterocycles. The molecule has 0 radical (unpaired) electrons. The second-order valence-electron chi connectivity index (χ2n) is 5.29. The molecular formula is C15H21N3O2. The van der Waals surface area contributed by atoms with Gasteiger partial charge < -0.3 is 4.90 Å². The zero-order valence-corrected chi connectivity index (χ0v) is 11.8. The topological polar surface area (TPSA) is 75.4 Å². The lowest BCUT2D eigenvalue weighted by Gasteiger charge is -2.32. The van der Waals surface area contributed by atoms with Crippen molar-refractivity contribution in [1.29, 1.82) is 0 Å². The molecule has 3 N–H and O–H groups in total. The van der Waals surface area contributed by atoms with Gasteiger partial charge >= 0.3 is 0 Å². The summed E-state index contributed by atoms with van der Waals surface area (Å²) in [5.74, 6) is 4.87. The Kier molecular flexibility index (Phi) is 4.74. The second-order valence-corrected chi connectivity index (χ2v) is 5.29. The average Bonchev–Trinajstić information content (AvgIpc) is 2.49. The van der Waals surface area contributed by atoms with Crippen molar-refractivity contribution >= 4 is 11.8 Å². The quantitative estimate of drug-likeness (QED) is 0.486. The summed E-state index contributed by atoms with van der Waals surface area (Å²) in [4.78, 5) is 25.7. The maximum atomic E-state index is 12.3. The number of benzene rings is 1. The molecule has 0 aromatic heterocycles. The van der Waals surface area contributed by atoms with Crippen LogP contribution >= 0.6 is 0 Å². The Morgan fingerprint density at radius 3 is 2.85 bits per heavy atom. The van der Waals surface area contributed by atoms with Crippen LogP contribution in [0.25, 0.3) is 0 Å². The zero-order valence-electron chi connectivity index (χ0n) is 11.8. The molecule has 2 rings (SSSR count). The third-order valence-electron chi connectivity index (χ3n) is 3.89. The Labute approximate surface area is 119 Å². The lowest BCUT2D eigenvalue weighted by molar-refractivity contribution is -0.135. The molecule has 108 valence electrons. The monoisotopic (exact) mass is 275 g/mol. The van der Waals surface area contributed by atoms with E-state index in [0.29, 0.717) is 13.0 Å². The minimum atomic E-state index is -0.186. The second kappa shape index (κ2) is 6.52. The van der Waals surface area contributed by atoms with E-state index in [0.717, 1.165) is 30.5 Å². The molecule has 2 amide bonds. The van der Waals surface area contributed by atoms with Gasteiger partial charge in [-0.1, -0.05) is 24.3 Å². The van der Waals surface area contributed by atoms with Crippen molar-refractivity contribution in [3.8, 4) is 0 Å². The number of piperidine rings is 1. The smallest absolute Gasteiger partial charge is 0.238 e. The molecule has 1 saturated heterocycles. The maximum Gasteiger partial charge on any atom is 0.238 e. The number of amides is 2. The molecule has 20 heavy (non-hydrogen) atoms. The first-order valence-corrected chi connectivity index (χ1v) is 6.94. The van der Waals surface area contributed by atoms with Crippen molar-refractivity contribution in [1.82, 2.24) is 10.3 Å². The summed E-state index contributed by atoms with van der Waals surface area (Å²) in [7, 11) is 0. The van der Waals surface area contributed by atoms with E-state index < -0.39 is 0 Å². The number of likely N-dealkylation sites (tertiary alicyclic amines) is 1. The molecule has 1 aromatic rings. The van der Waals surface area contributed by atoms with E-state index in [4.69, 9.17) is 5.84 Å². The van der Waals surface area contributed by atoms with Gasteiger partial charge in [0, 0.05) is 13.1 Å². The number of hydrogen-bond donors (Lipinski definition) is 2. The summed E-state index contributed by atoms with van der Waals surface area (Å²) >= 11 is 0. The van der Waals surface area contributed by atoms with Gasteiger partial charge in [0.2, 0.25) is 11.8 Å². The van der Waals surface area contributed by atoms with Crippen LogP contribution in [0.5, 0.6) is 0 Å². The molecule has 1 aliphatic heterocycles. The fourth-order valence-electron chi connectivity index (χ4n) is 2.62. The molecule has 5 heteroatoms. The Balaban J connectivity index is 1.99. The van der Waals surface area contributed by atoms with Gasteiger partial charge in [0.05, 0.1) is 12.3 Å². The van der Waals surface area contributed by atoms with Gasteiger partial charge in [0.15, 0.2) is 0 Å². The van der Waals surface area contributed by atoms with Crippen molar-refractivity contribution in [2.24, 2.45) is 11.8 Å². The lowest BCUT2D eigenvalue weighted by atomic mass is 9.96. The highest BCUT2D eigenvalue weighted by molar-refractivity contribution is 5.82. The van der Waals surface area contributed by atoms with E-state index in [1.807, 2.05) is 31.2 Å². The van der Waals surface area contributed by atoms with E-state index in [1.165, 1.54) is 0 Å².